The van der Waals surface area contributed by atoms with Crippen molar-refractivity contribution in [2.24, 2.45) is 16.7 Å². The summed E-state index contributed by atoms with van der Waals surface area (Å²) >= 11 is 0. The molecule has 0 bridgehead atoms. The number of hydrogen-bond acceptors (Lipinski definition) is 6. The molecule has 0 aliphatic heterocycles. The van der Waals surface area contributed by atoms with E-state index in [2.05, 4.69) is 0 Å². The molecule has 9 heteroatoms. The van der Waals surface area contributed by atoms with Crippen LogP contribution in [0.1, 0.15) is 106 Å². The molecule has 5 atom stereocenters. The van der Waals surface area contributed by atoms with E-state index in [0.717, 1.165) is 16.3 Å². The Morgan fingerprint density at radius 1 is 0.884 bits per heavy atom. The first-order valence-corrected chi connectivity index (χ1v) is 14.9. The quantitative estimate of drug-likeness (QED) is 0.234. The minimum Gasteiger partial charge on any atom is -0.508 e. The molecule has 0 aliphatic rings. The van der Waals surface area contributed by atoms with Crippen molar-refractivity contribution >= 4 is 22.7 Å². The van der Waals surface area contributed by atoms with Crippen molar-refractivity contribution in [2.45, 2.75) is 124 Å². The number of phenolic OH excluding ortho intramolecular Hbond substituents is 1. The monoisotopic (exact) mass is 610 g/mol. The fourth-order valence-electron chi connectivity index (χ4n) is 4.83. The maximum absolute atomic E-state index is 13.5. The molecule has 2 rings (SSSR count). The zero-order valence-electron chi connectivity index (χ0n) is 27.2. The Hall–Kier alpha value is -2.81. The van der Waals surface area contributed by atoms with E-state index in [-0.39, 0.29) is 29.5 Å². The number of hydrogen-bond donors (Lipinski definition) is 2. The zero-order valence-corrected chi connectivity index (χ0v) is 27.2. The van der Waals surface area contributed by atoms with Gasteiger partial charge in [-0.3, -0.25) is 9.59 Å². The van der Waals surface area contributed by atoms with E-state index >= 15 is 0 Å². The molecule has 0 aromatic heterocycles. The number of ether oxygens (including phenoxy) is 2. The van der Waals surface area contributed by atoms with E-state index in [0.29, 0.717) is 19.8 Å². The number of rotatable bonds is 12. The lowest BCUT2D eigenvalue weighted by molar-refractivity contribution is -0.261. The third-order valence-electron chi connectivity index (χ3n) is 9.10. The maximum atomic E-state index is 13.5. The average Bonchev–Trinajstić information content (AvgIpc) is 2.85. The summed E-state index contributed by atoms with van der Waals surface area (Å²) in [6.45, 7) is 17.0. The van der Waals surface area contributed by atoms with Gasteiger partial charge in [0.05, 0.1) is 11.3 Å². The second-order valence-corrected chi connectivity index (χ2v) is 14.1. The molecule has 0 saturated carbocycles. The largest absolute Gasteiger partial charge is 0.508 e. The number of carbonyl (C=O) groups excluding carboxylic acids is 2. The molecular formula is C34H49F3O6. The first kappa shape index (κ1) is 36.4. The number of fused-ring (bicyclic) bond motifs is 1. The minimum absolute atomic E-state index is 0.134. The second kappa shape index (κ2) is 13.0. The molecular weight excluding hydrogens is 561 g/mol. The molecule has 43 heavy (non-hydrogen) atoms. The van der Waals surface area contributed by atoms with Crippen LogP contribution in [0.2, 0.25) is 0 Å². The summed E-state index contributed by atoms with van der Waals surface area (Å²) in [4.78, 5) is 26.8. The fourth-order valence-corrected chi connectivity index (χ4v) is 4.83. The van der Waals surface area contributed by atoms with Gasteiger partial charge in [-0.05, 0) is 88.3 Å². The highest BCUT2D eigenvalue weighted by Gasteiger charge is 2.51. The number of phenols is 1. The van der Waals surface area contributed by atoms with Gasteiger partial charge in [0, 0.05) is 11.8 Å². The lowest BCUT2D eigenvalue weighted by atomic mass is 9.73. The molecule has 0 fully saturated rings. The predicted octanol–water partition coefficient (Wildman–Crippen LogP) is 8.46. The number of aromatic hydroxyl groups is 1. The Morgan fingerprint density at radius 3 is 1.98 bits per heavy atom. The van der Waals surface area contributed by atoms with Gasteiger partial charge in [0.2, 0.25) is 0 Å². The number of benzene rings is 2. The van der Waals surface area contributed by atoms with Gasteiger partial charge in [0.1, 0.15) is 17.5 Å². The molecule has 0 aliphatic carbocycles. The Morgan fingerprint density at radius 2 is 1.44 bits per heavy atom. The number of alkyl halides is 3. The Balaban J connectivity index is 2.40. The molecule has 0 amide bonds. The predicted molar refractivity (Wildman–Crippen MR) is 162 cm³/mol. The highest BCUT2D eigenvalue weighted by molar-refractivity contribution is 5.84. The summed E-state index contributed by atoms with van der Waals surface area (Å²) < 4.78 is 51.1. The Kier molecular flexibility index (Phi) is 11.0. The molecule has 2 aromatic rings. The summed E-state index contributed by atoms with van der Waals surface area (Å²) in [5, 5.41) is 21.5. The normalized spacial score (nSPS) is 17.8. The van der Waals surface area contributed by atoms with Gasteiger partial charge in [-0.25, -0.2) is 0 Å². The van der Waals surface area contributed by atoms with E-state index in [1.165, 1.54) is 6.92 Å². The van der Waals surface area contributed by atoms with E-state index in [1.807, 2.05) is 59.7 Å². The van der Waals surface area contributed by atoms with Crippen LogP contribution >= 0.6 is 0 Å². The van der Waals surface area contributed by atoms with E-state index in [9.17, 15) is 33.0 Å². The van der Waals surface area contributed by atoms with Crippen LogP contribution in [-0.2, 0) is 19.1 Å². The van der Waals surface area contributed by atoms with Crippen LogP contribution in [0.5, 0.6) is 5.75 Å². The highest BCUT2D eigenvalue weighted by atomic mass is 19.4. The SMILES string of the molecule is CCC(C)(CC(CC(C)C(=O)OC(C)(C)C(C)(C)C)c1ccc2cc(O)ccc2c1)C(=O)OC(C)CC(C)(O)C(F)(F)F. The Bertz CT molecular complexity index is 1280. The molecule has 5 unspecified atom stereocenters. The molecule has 0 radical (unpaired) electrons. The third-order valence-corrected chi connectivity index (χ3v) is 9.10. The summed E-state index contributed by atoms with van der Waals surface area (Å²) in [7, 11) is 0. The number of aliphatic hydroxyl groups is 1. The van der Waals surface area contributed by atoms with Gasteiger partial charge in [-0.15, -0.1) is 0 Å². The molecule has 0 spiro atoms. The number of esters is 2. The minimum atomic E-state index is -4.87. The second-order valence-electron chi connectivity index (χ2n) is 14.1. The summed E-state index contributed by atoms with van der Waals surface area (Å²) in [6, 6.07) is 10.7. The molecule has 0 saturated heterocycles. The summed E-state index contributed by atoms with van der Waals surface area (Å²) in [5.41, 5.74) is -4.26. The van der Waals surface area contributed by atoms with Crippen molar-refractivity contribution in [3.05, 3.63) is 42.0 Å². The number of halogens is 3. The van der Waals surface area contributed by atoms with Gasteiger partial charge >= 0.3 is 18.1 Å². The van der Waals surface area contributed by atoms with Crippen LogP contribution in [0.15, 0.2) is 36.4 Å². The van der Waals surface area contributed by atoms with Crippen molar-refractivity contribution in [1.29, 1.82) is 0 Å². The number of carbonyl (C=O) groups is 2. The lowest BCUT2D eigenvalue weighted by Gasteiger charge is -2.39. The third kappa shape index (κ3) is 9.10. The first-order chi connectivity index (χ1) is 19.4. The molecule has 2 N–H and O–H groups in total. The van der Waals surface area contributed by atoms with Crippen LogP contribution < -0.4 is 0 Å². The standard InChI is InChI=1S/C34H49F3O6/c1-11-32(9,29(40)42-22(3)19-33(10,41)34(35,36)37)20-26(16-21(2)28(39)43-31(7,8)30(4,5)6)24-12-13-25-18-27(38)15-14-23(25)17-24/h12-15,17-18,21-22,26,38,41H,11,16,19-20H2,1-10H3. The molecule has 0 heterocycles. The van der Waals surface area contributed by atoms with Crippen molar-refractivity contribution in [1.82, 2.24) is 0 Å². The van der Waals surface area contributed by atoms with Crippen molar-refractivity contribution < 1.29 is 42.4 Å². The van der Waals surface area contributed by atoms with Crippen LogP contribution in [-0.4, -0.2) is 45.6 Å². The summed E-state index contributed by atoms with van der Waals surface area (Å²) in [5.74, 6) is -1.74. The van der Waals surface area contributed by atoms with Crippen LogP contribution in [0.3, 0.4) is 0 Å². The van der Waals surface area contributed by atoms with E-state index < -0.39 is 47.2 Å². The summed E-state index contributed by atoms with van der Waals surface area (Å²) in [6.07, 6.45) is -5.91. The van der Waals surface area contributed by atoms with Crippen LogP contribution in [0.25, 0.3) is 10.8 Å². The smallest absolute Gasteiger partial charge is 0.417 e. The zero-order chi connectivity index (χ0) is 33.2. The first-order valence-electron chi connectivity index (χ1n) is 14.9. The fraction of sp³-hybridized carbons (Fsp3) is 0.647. The highest BCUT2D eigenvalue weighted by Crippen LogP contribution is 2.42. The van der Waals surface area contributed by atoms with Gasteiger partial charge in [-0.2, -0.15) is 13.2 Å². The van der Waals surface area contributed by atoms with Crippen LogP contribution in [0.4, 0.5) is 13.2 Å². The Labute approximate surface area is 254 Å². The van der Waals surface area contributed by atoms with Crippen molar-refractivity contribution in [3.63, 3.8) is 0 Å². The van der Waals surface area contributed by atoms with Gasteiger partial charge in [0.15, 0.2) is 5.60 Å². The molecule has 6 nitrogen and oxygen atoms in total. The van der Waals surface area contributed by atoms with Crippen molar-refractivity contribution in [2.75, 3.05) is 0 Å². The average molecular weight is 611 g/mol. The molecule has 2 aromatic carbocycles. The topological polar surface area (TPSA) is 93.1 Å². The van der Waals surface area contributed by atoms with Gasteiger partial charge in [-0.1, -0.05) is 58.9 Å². The maximum Gasteiger partial charge on any atom is 0.417 e. The molecule has 242 valence electrons. The van der Waals surface area contributed by atoms with Gasteiger partial charge in [0.25, 0.3) is 0 Å². The van der Waals surface area contributed by atoms with E-state index in [4.69, 9.17) is 9.47 Å². The van der Waals surface area contributed by atoms with Crippen LogP contribution in [0, 0.1) is 16.7 Å². The van der Waals surface area contributed by atoms with Gasteiger partial charge < -0.3 is 19.7 Å². The van der Waals surface area contributed by atoms with E-state index in [1.54, 1.807) is 32.0 Å². The van der Waals surface area contributed by atoms with Crippen molar-refractivity contribution in [3.8, 4) is 5.75 Å². The lowest BCUT2D eigenvalue weighted by Crippen LogP contribution is -2.45.